The Hall–Kier alpha value is -0.780. The van der Waals surface area contributed by atoms with Gasteiger partial charge in [0.1, 0.15) is 11.5 Å². The molecule has 0 aliphatic heterocycles. The highest BCUT2D eigenvalue weighted by atomic mass is 79.9. The number of carbonyl (C=O) groups excluding carboxylic acids is 1. The maximum absolute atomic E-state index is 13.6. The van der Waals surface area contributed by atoms with Crippen LogP contribution in [0.5, 0.6) is 0 Å². The molecule has 0 aliphatic carbocycles. The predicted octanol–water partition coefficient (Wildman–Crippen LogP) is 4.82. The molecule has 0 fully saturated rings. The van der Waals surface area contributed by atoms with Gasteiger partial charge >= 0.3 is 0 Å². The Kier molecular flexibility index (Phi) is 4.71. The molecule has 98 valence electrons. The van der Waals surface area contributed by atoms with Gasteiger partial charge in [0, 0.05) is 32.1 Å². The van der Waals surface area contributed by atoms with Crippen LogP contribution in [0.4, 0.5) is 4.39 Å². The summed E-state index contributed by atoms with van der Waals surface area (Å²) < 4.78 is 14.9. The number of carbonyl (C=O) groups is 1. The molecule has 0 aliphatic rings. The van der Waals surface area contributed by atoms with Crippen molar-refractivity contribution >= 4 is 49.2 Å². The third kappa shape index (κ3) is 3.41. The van der Waals surface area contributed by atoms with Gasteiger partial charge in [-0.3, -0.25) is 9.78 Å². The molecule has 2 rings (SSSR count). The topological polar surface area (TPSA) is 30.0 Å². The molecule has 19 heavy (non-hydrogen) atoms. The van der Waals surface area contributed by atoms with E-state index in [-0.39, 0.29) is 28.5 Å². The number of rotatable bonds is 3. The van der Waals surface area contributed by atoms with Crippen molar-refractivity contribution in [1.82, 2.24) is 4.98 Å². The number of pyridine rings is 1. The molecule has 0 saturated carbocycles. The minimum atomic E-state index is -0.492. The molecule has 0 N–H and O–H groups in total. The van der Waals surface area contributed by atoms with E-state index < -0.39 is 5.82 Å². The summed E-state index contributed by atoms with van der Waals surface area (Å²) in [5, 5.41) is 0.238. The zero-order valence-electron chi connectivity index (χ0n) is 9.46. The summed E-state index contributed by atoms with van der Waals surface area (Å²) in [6.45, 7) is 0. The summed E-state index contributed by atoms with van der Waals surface area (Å²) in [4.78, 5) is 16.1. The first kappa shape index (κ1) is 14.6. The second kappa shape index (κ2) is 6.11. The van der Waals surface area contributed by atoms with Gasteiger partial charge < -0.3 is 0 Å². The van der Waals surface area contributed by atoms with Crippen LogP contribution in [0.1, 0.15) is 16.1 Å². The normalized spacial score (nSPS) is 10.5. The Labute approximate surface area is 131 Å². The van der Waals surface area contributed by atoms with Gasteiger partial charge in [0.25, 0.3) is 0 Å². The number of hydrogen-bond acceptors (Lipinski definition) is 2. The molecule has 0 spiro atoms. The molecule has 6 heteroatoms. The fourth-order valence-electron chi connectivity index (χ4n) is 1.57. The molecule has 0 saturated heterocycles. The van der Waals surface area contributed by atoms with Gasteiger partial charge in [0.15, 0.2) is 5.78 Å². The molecule has 1 aromatic heterocycles. The van der Waals surface area contributed by atoms with Crippen molar-refractivity contribution in [2.75, 3.05) is 0 Å². The minimum Gasteiger partial charge on any atom is -0.292 e. The fourth-order valence-corrected chi connectivity index (χ4v) is 3.00. The van der Waals surface area contributed by atoms with E-state index >= 15 is 0 Å². The van der Waals surface area contributed by atoms with Crippen molar-refractivity contribution in [2.45, 2.75) is 6.42 Å². The zero-order chi connectivity index (χ0) is 14.0. The highest BCUT2D eigenvalue weighted by Crippen LogP contribution is 2.24. The Balaban J connectivity index is 2.31. The van der Waals surface area contributed by atoms with Crippen LogP contribution in [0.2, 0.25) is 5.02 Å². The lowest BCUT2D eigenvalue weighted by atomic mass is 10.1. The van der Waals surface area contributed by atoms with Crippen LogP contribution >= 0.6 is 43.5 Å². The smallest absolute Gasteiger partial charge is 0.186 e. The number of halogens is 4. The second-order valence-corrected chi connectivity index (χ2v) is 5.96. The van der Waals surface area contributed by atoms with E-state index in [0.29, 0.717) is 4.47 Å². The summed E-state index contributed by atoms with van der Waals surface area (Å²) in [6.07, 6.45) is 1.39. The fraction of sp³-hybridized carbons (Fsp3) is 0.0769. The van der Waals surface area contributed by atoms with E-state index in [1.165, 1.54) is 18.3 Å². The molecule has 0 unspecified atom stereocenters. The van der Waals surface area contributed by atoms with Crippen molar-refractivity contribution in [3.8, 4) is 0 Å². The lowest BCUT2D eigenvalue weighted by molar-refractivity contribution is 0.0986. The molecular weight excluding hydrogens is 400 g/mol. The molecule has 2 nitrogen and oxygen atoms in total. The van der Waals surface area contributed by atoms with Crippen LogP contribution in [-0.4, -0.2) is 10.8 Å². The third-order valence-corrected chi connectivity index (χ3v) is 3.86. The van der Waals surface area contributed by atoms with Gasteiger partial charge in [-0.25, -0.2) is 4.39 Å². The van der Waals surface area contributed by atoms with E-state index in [1.54, 1.807) is 12.1 Å². The van der Waals surface area contributed by atoms with Gasteiger partial charge in [-0.05, 0) is 50.1 Å². The first-order valence-electron chi connectivity index (χ1n) is 5.26. The van der Waals surface area contributed by atoms with Gasteiger partial charge in [-0.2, -0.15) is 0 Å². The second-order valence-electron chi connectivity index (χ2n) is 3.78. The summed E-state index contributed by atoms with van der Waals surface area (Å²) in [5.41, 5.74) is 0.438. The molecule has 0 atom stereocenters. The van der Waals surface area contributed by atoms with Crippen LogP contribution in [0.15, 0.2) is 39.4 Å². The zero-order valence-corrected chi connectivity index (χ0v) is 13.4. The number of Topliss-reactive ketones (excluding diaryl/α,β-unsaturated/α-hetero) is 1. The summed E-state index contributed by atoms with van der Waals surface area (Å²) >= 11 is 12.4. The van der Waals surface area contributed by atoms with Crippen molar-refractivity contribution in [1.29, 1.82) is 0 Å². The number of ketones is 1. The first-order valence-corrected chi connectivity index (χ1v) is 7.22. The van der Waals surface area contributed by atoms with Gasteiger partial charge in [0.2, 0.25) is 0 Å². The largest absolute Gasteiger partial charge is 0.292 e. The minimum absolute atomic E-state index is 0.126. The van der Waals surface area contributed by atoms with Gasteiger partial charge in [-0.15, -0.1) is 0 Å². The lowest BCUT2D eigenvalue weighted by Crippen LogP contribution is -2.08. The molecule has 0 bridgehead atoms. The van der Waals surface area contributed by atoms with E-state index in [1.807, 2.05) is 0 Å². The van der Waals surface area contributed by atoms with E-state index in [0.717, 1.165) is 4.47 Å². The first-order chi connectivity index (χ1) is 8.99. The van der Waals surface area contributed by atoms with E-state index in [4.69, 9.17) is 11.6 Å². The van der Waals surface area contributed by atoms with Crippen LogP contribution in [-0.2, 0) is 6.42 Å². The summed E-state index contributed by atoms with van der Waals surface area (Å²) in [7, 11) is 0. The van der Waals surface area contributed by atoms with Crippen LogP contribution in [0.25, 0.3) is 0 Å². The third-order valence-electron chi connectivity index (χ3n) is 2.47. The van der Waals surface area contributed by atoms with Crippen LogP contribution < -0.4 is 0 Å². The molecule has 2 aromatic rings. The maximum Gasteiger partial charge on any atom is 0.186 e. The summed E-state index contributed by atoms with van der Waals surface area (Å²) in [5.74, 6) is -0.791. The predicted molar refractivity (Wildman–Crippen MR) is 79.1 cm³/mol. The number of hydrogen-bond donors (Lipinski definition) is 0. The number of nitrogens with zero attached hydrogens (tertiary/aromatic N) is 1. The van der Waals surface area contributed by atoms with Crippen LogP contribution in [0, 0.1) is 5.82 Å². The standard InChI is InChI=1S/C13H7Br2ClFNO/c14-7-4-9(15)13(18-6-7)12(19)5-8-10(16)2-1-3-11(8)17/h1-4,6H,5H2. The van der Waals surface area contributed by atoms with Crippen LogP contribution in [0.3, 0.4) is 0 Å². The highest BCUT2D eigenvalue weighted by molar-refractivity contribution is 9.11. The quantitative estimate of drug-likeness (QED) is 0.683. The molecule has 1 aromatic carbocycles. The monoisotopic (exact) mass is 405 g/mol. The SMILES string of the molecule is O=C(Cc1c(F)cccc1Cl)c1ncc(Br)cc1Br. The summed E-state index contributed by atoms with van der Waals surface area (Å²) in [6, 6.07) is 6.04. The van der Waals surface area contributed by atoms with Crippen molar-refractivity contribution in [3.05, 3.63) is 61.5 Å². The van der Waals surface area contributed by atoms with Gasteiger partial charge in [-0.1, -0.05) is 17.7 Å². The van der Waals surface area contributed by atoms with Gasteiger partial charge in [0.05, 0.1) is 0 Å². The van der Waals surface area contributed by atoms with E-state index in [9.17, 15) is 9.18 Å². The Morgan fingerprint density at radius 3 is 2.74 bits per heavy atom. The molecule has 0 radical (unpaired) electrons. The number of benzene rings is 1. The maximum atomic E-state index is 13.6. The molecular formula is C13H7Br2ClFNO. The average Bonchev–Trinajstić information content (AvgIpc) is 2.33. The Bertz CT molecular complexity index is 628. The molecule has 0 amide bonds. The highest BCUT2D eigenvalue weighted by Gasteiger charge is 2.17. The Morgan fingerprint density at radius 1 is 1.37 bits per heavy atom. The van der Waals surface area contributed by atoms with E-state index in [2.05, 4.69) is 36.8 Å². The lowest BCUT2D eigenvalue weighted by Gasteiger charge is -2.06. The van der Waals surface area contributed by atoms with Crippen molar-refractivity contribution < 1.29 is 9.18 Å². The Morgan fingerprint density at radius 2 is 2.11 bits per heavy atom. The number of aromatic nitrogens is 1. The average molecular weight is 407 g/mol. The van der Waals surface area contributed by atoms with Crippen molar-refractivity contribution in [3.63, 3.8) is 0 Å². The van der Waals surface area contributed by atoms with Crippen molar-refractivity contribution in [2.24, 2.45) is 0 Å². The molecule has 1 heterocycles.